The first-order valence-corrected chi connectivity index (χ1v) is 10.5. The minimum atomic E-state index is -0.924. The lowest BCUT2D eigenvalue weighted by Crippen LogP contribution is -2.28. The van der Waals surface area contributed by atoms with Gasteiger partial charge in [0, 0.05) is 10.6 Å². The average Bonchev–Trinajstić information content (AvgIpc) is 3.17. The zero-order valence-corrected chi connectivity index (χ0v) is 17.3. The van der Waals surface area contributed by atoms with Crippen LogP contribution < -0.4 is 5.46 Å². The van der Waals surface area contributed by atoms with Gasteiger partial charge in [-0.2, -0.15) is 0 Å². The largest absolute Gasteiger partial charge is 0.491 e. The van der Waals surface area contributed by atoms with Crippen molar-refractivity contribution in [3.8, 4) is 0 Å². The first-order valence-electron chi connectivity index (χ1n) is 9.55. The molecule has 3 aromatic carbocycles. The molecule has 30 heavy (non-hydrogen) atoms. The number of rotatable bonds is 6. The highest BCUT2D eigenvalue weighted by atomic mass is 32.2. The van der Waals surface area contributed by atoms with E-state index in [1.54, 1.807) is 30.0 Å². The molecule has 1 heterocycles. The Morgan fingerprint density at radius 3 is 2.50 bits per heavy atom. The fourth-order valence-electron chi connectivity index (χ4n) is 3.36. The number of esters is 1. The number of fused-ring (bicyclic) bond motifs is 1. The van der Waals surface area contributed by atoms with E-state index in [1.165, 1.54) is 7.11 Å². The molecule has 1 unspecified atom stereocenters. The summed E-state index contributed by atoms with van der Waals surface area (Å²) in [5.41, 5.74) is 4.83. The third-order valence-electron chi connectivity index (χ3n) is 5.12. The fraction of sp³-hybridized carbons (Fsp3) is 0.174. The molecule has 0 saturated heterocycles. The van der Waals surface area contributed by atoms with Crippen molar-refractivity contribution in [1.29, 1.82) is 0 Å². The molecule has 0 aliphatic carbocycles. The number of ether oxygens (including phenoxy) is 1. The van der Waals surface area contributed by atoms with Crippen molar-refractivity contribution in [3.05, 3.63) is 94.5 Å². The summed E-state index contributed by atoms with van der Waals surface area (Å²) in [7, 11) is 0.446. The molecule has 0 amide bonds. The highest BCUT2D eigenvalue weighted by Crippen LogP contribution is 2.27. The van der Waals surface area contributed by atoms with Gasteiger partial charge >= 0.3 is 13.1 Å². The molecule has 0 spiro atoms. The molecule has 152 valence electrons. The second-order valence-corrected chi connectivity index (χ2v) is 8.12. The predicted molar refractivity (Wildman–Crippen MR) is 117 cm³/mol. The molecular weight excluding hydrogens is 399 g/mol. The van der Waals surface area contributed by atoms with E-state index in [4.69, 9.17) is 9.39 Å². The summed E-state index contributed by atoms with van der Waals surface area (Å²) in [5, 5.41) is 20.6. The number of hydrogen-bond donors (Lipinski definition) is 2. The van der Waals surface area contributed by atoms with Gasteiger partial charge < -0.3 is 19.5 Å². The van der Waals surface area contributed by atoms with E-state index < -0.39 is 13.2 Å². The van der Waals surface area contributed by atoms with Crippen LogP contribution in [-0.4, -0.2) is 30.3 Å². The van der Waals surface area contributed by atoms with Crippen LogP contribution in [0.4, 0.5) is 0 Å². The zero-order valence-electron chi connectivity index (χ0n) is 16.4. The van der Waals surface area contributed by atoms with Gasteiger partial charge in [0.1, 0.15) is 6.10 Å². The van der Waals surface area contributed by atoms with Crippen LogP contribution in [0, 0.1) is 0 Å². The normalized spacial score (nSPS) is 13.8. The van der Waals surface area contributed by atoms with Crippen molar-refractivity contribution in [3.63, 3.8) is 0 Å². The molecule has 2 N–H and O–H groups in total. The summed E-state index contributed by atoms with van der Waals surface area (Å²) in [6.07, 6.45) is -0.770. The first-order chi connectivity index (χ1) is 14.5. The molecule has 1 atom stereocenters. The lowest BCUT2D eigenvalue weighted by molar-refractivity contribution is 0.0600. The molecular formula is C23H21BO5S. The molecule has 0 radical (unpaired) electrons. The molecule has 5 nitrogen and oxygen atoms in total. The molecule has 0 saturated carbocycles. The number of aliphatic hydroxyl groups excluding tert-OH is 1. The molecule has 3 aromatic rings. The first kappa shape index (κ1) is 20.7. The maximum Gasteiger partial charge on any atom is 0.491 e. The van der Waals surface area contributed by atoms with Crippen molar-refractivity contribution in [2.45, 2.75) is 23.4 Å². The van der Waals surface area contributed by atoms with Crippen molar-refractivity contribution >= 4 is 30.3 Å². The van der Waals surface area contributed by atoms with Gasteiger partial charge in [-0.25, -0.2) is 4.79 Å². The van der Waals surface area contributed by atoms with E-state index in [0.717, 1.165) is 38.4 Å². The Hall–Kier alpha value is -2.58. The summed E-state index contributed by atoms with van der Waals surface area (Å²) in [6, 6.07) is 20.7. The third-order valence-corrected chi connectivity index (χ3v) is 6.21. The summed E-state index contributed by atoms with van der Waals surface area (Å²) < 4.78 is 9.93. The summed E-state index contributed by atoms with van der Waals surface area (Å²) >= 11 is 1.68. The third kappa shape index (κ3) is 4.44. The van der Waals surface area contributed by atoms with Crippen LogP contribution in [0.15, 0.2) is 71.6 Å². The molecule has 0 aromatic heterocycles. The van der Waals surface area contributed by atoms with E-state index in [1.807, 2.05) is 48.5 Å². The van der Waals surface area contributed by atoms with Crippen LogP contribution in [0.5, 0.6) is 0 Å². The Bertz CT molecular complexity index is 1040. The van der Waals surface area contributed by atoms with Crippen LogP contribution in [-0.2, 0) is 21.8 Å². The molecule has 1 aliphatic rings. The van der Waals surface area contributed by atoms with E-state index in [-0.39, 0.29) is 5.97 Å². The van der Waals surface area contributed by atoms with Gasteiger partial charge in [-0.3, -0.25) is 0 Å². The predicted octanol–water partition coefficient (Wildman–Crippen LogP) is 3.06. The number of thioether (sulfide) groups is 1. The van der Waals surface area contributed by atoms with Gasteiger partial charge in [0.05, 0.1) is 19.3 Å². The van der Waals surface area contributed by atoms with Crippen molar-refractivity contribution in [2.75, 3.05) is 7.11 Å². The SMILES string of the molecule is COC(=O)c1ccc(CSc2ccc(C(O)c3ccc4c(c3)B(O)OC4)cc2)cc1. The van der Waals surface area contributed by atoms with Crippen molar-refractivity contribution in [1.82, 2.24) is 0 Å². The van der Waals surface area contributed by atoms with Crippen molar-refractivity contribution in [2.24, 2.45) is 0 Å². The Morgan fingerprint density at radius 2 is 1.80 bits per heavy atom. The van der Waals surface area contributed by atoms with Crippen molar-refractivity contribution < 1.29 is 24.3 Å². The van der Waals surface area contributed by atoms with E-state index in [2.05, 4.69) is 0 Å². The van der Waals surface area contributed by atoms with E-state index in [0.29, 0.717) is 12.2 Å². The van der Waals surface area contributed by atoms with Gasteiger partial charge in [0.15, 0.2) is 0 Å². The standard InChI is InChI=1S/C23H21BO5S/c1-28-23(26)17-4-2-15(3-5-17)14-30-20-10-8-16(9-11-20)22(25)18-6-7-19-13-29-24(27)21(19)12-18/h2-12,22,25,27H,13-14H2,1H3. The Morgan fingerprint density at radius 1 is 1.10 bits per heavy atom. The molecule has 0 bridgehead atoms. The van der Waals surface area contributed by atoms with Gasteiger partial charge in [0.2, 0.25) is 0 Å². The lowest BCUT2D eigenvalue weighted by atomic mass is 9.78. The van der Waals surface area contributed by atoms with Crippen LogP contribution >= 0.6 is 11.8 Å². The lowest BCUT2D eigenvalue weighted by Gasteiger charge is -2.13. The average molecular weight is 420 g/mol. The van der Waals surface area contributed by atoms with Crippen LogP contribution in [0.1, 0.15) is 38.7 Å². The summed E-state index contributed by atoms with van der Waals surface area (Å²) in [5.74, 6) is 0.431. The number of hydrogen-bond acceptors (Lipinski definition) is 6. The minimum Gasteiger partial charge on any atom is -0.465 e. The van der Waals surface area contributed by atoms with Gasteiger partial charge in [-0.05, 0) is 52.0 Å². The number of benzene rings is 3. The monoisotopic (exact) mass is 420 g/mol. The minimum absolute atomic E-state index is 0.339. The molecule has 7 heteroatoms. The van der Waals surface area contributed by atoms with Crippen LogP contribution in [0.3, 0.4) is 0 Å². The smallest absolute Gasteiger partial charge is 0.465 e. The maximum absolute atomic E-state index is 11.5. The Labute approximate surface area is 179 Å². The quantitative estimate of drug-likeness (QED) is 0.363. The van der Waals surface area contributed by atoms with E-state index in [9.17, 15) is 14.9 Å². The Balaban J connectivity index is 1.39. The van der Waals surface area contributed by atoms with Crippen LogP contribution in [0.2, 0.25) is 0 Å². The van der Waals surface area contributed by atoms with Gasteiger partial charge in [0.25, 0.3) is 0 Å². The van der Waals surface area contributed by atoms with Gasteiger partial charge in [-0.15, -0.1) is 11.8 Å². The topological polar surface area (TPSA) is 76.0 Å². The number of aliphatic hydroxyl groups is 1. The highest BCUT2D eigenvalue weighted by Gasteiger charge is 2.28. The molecule has 0 fully saturated rings. The fourth-order valence-corrected chi connectivity index (χ4v) is 4.22. The van der Waals surface area contributed by atoms with Gasteiger partial charge in [-0.1, -0.05) is 42.5 Å². The second-order valence-electron chi connectivity index (χ2n) is 7.07. The van der Waals surface area contributed by atoms with Crippen LogP contribution in [0.25, 0.3) is 0 Å². The number of carbonyl (C=O) groups is 1. The summed E-state index contributed by atoms with van der Waals surface area (Å²) in [6.45, 7) is 0.393. The molecule has 1 aliphatic heterocycles. The summed E-state index contributed by atoms with van der Waals surface area (Å²) in [4.78, 5) is 12.6. The van der Waals surface area contributed by atoms with E-state index >= 15 is 0 Å². The molecule has 4 rings (SSSR count). The second kappa shape index (κ2) is 9.06. The Kier molecular flexibility index (Phi) is 6.25. The number of carbonyl (C=O) groups excluding carboxylic acids is 1. The maximum atomic E-state index is 11.5. The highest BCUT2D eigenvalue weighted by molar-refractivity contribution is 7.98. The zero-order chi connectivity index (χ0) is 21.1. The number of methoxy groups -OCH3 is 1.